The lowest BCUT2D eigenvalue weighted by atomic mass is 10.0. The van der Waals surface area contributed by atoms with Crippen molar-refractivity contribution >= 4 is 17.0 Å². The van der Waals surface area contributed by atoms with Crippen molar-refractivity contribution in [2.75, 3.05) is 4.90 Å². The quantitative estimate of drug-likeness (QED) is 0.899. The Morgan fingerprint density at radius 3 is 2.80 bits per heavy atom. The highest BCUT2D eigenvalue weighted by Crippen LogP contribution is 2.38. The third kappa shape index (κ3) is 2.72. The SMILES string of the molecule is C[C@H](N)c1cccc(F)c1N(Cc1ccsc1)C1CC1. The fourth-order valence-electron chi connectivity index (χ4n) is 2.56. The van der Waals surface area contributed by atoms with Gasteiger partial charge in [0.15, 0.2) is 0 Å². The van der Waals surface area contributed by atoms with Crippen molar-refractivity contribution in [2.45, 2.75) is 38.4 Å². The summed E-state index contributed by atoms with van der Waals surface area (Å²) in [5.41, 5.74) is 8.85. The number of nitrogens with two attached hydrogens (primary N) is 1. The Morgan fingerprint density at radius 2 is 2.20 bits per heavy atom. The molecule has 1 atom stereocenters. The molecular weight excluding hydrogens is 271 g/mol. The van der Waals surface area contributed by atoms with Gasteiger partial charge in [0.1, 0.15) is 5.82 Å². The minimum atomic E-state index is -0.165. The van der Waals surface area contributed by atoms with Crippen LogP contribution in [0.15, 0.2) is 35.0 Å². The van der Waals surface area contributed by atoms with E-state index in [2.05, 4.69) is 21.7 Å². The van der Waals surface area contributed by atoms with Gasteiger partial charge in [0.25, 0.3) is 0 Å². The topological polar surface area (TPSA) is 29.3 Å². The lowest BCUT2D eigenvalue weighted by molar-refractivity contribution is 0.607. The van der Waals surface area contributed by atoms with E-state index in [4.69, 9.17) is 5.73 Å². The van der Waals surface area contributed by atoms with Gasteiger partial charge in [-0.1, -0.05) is 12.1 Å². The summed E-state index contributed by atoms with van der Waals surface area (Å²) in [4.78, 5) is 2.19. The fraction of sp³-hybridized carbons (Fsp3) is 0.375. The Hall–Kier alpha value is -1.39. The molecule has 20 heavy (non-hydrogen) atoms. The van der Waals surface area contributed by atoms with Crippen LogP contribution in [0.1, 0.15) is 36.9 Å². The Kier molecular flexibility index (Phi) is 3.76. The monoisotopic (exact) mass is 290 g/mol. The van der Waals surface area contributed by atoms with E-state index in [0.717, 1.165) is 24.9 Å². The molecule has 2 N–H and O–H groups in total. The third-order valence-electron chi connectivity index (χ3n) is 3.72. The summed E-state index contributed by atoms with van der Waals surface area (Å²) in [5.74, 6) is -0.165. The van der Waals surface area contributed by atoms with Crippen molar-refractivity contribution in [2.24, 2.45) is 5.73 Å². The second-order valence-electron chi connectivity index (χ2n) is 5.46. The first-order valence-corrected chi connectivity index (χ1v) is 7.93. The number of nitrogens with zero attached hydrogens (tertiary/aromatic N) is 1. The van der Waals surface area contributed by atoms with E-state index < -0.39 is 0 Å². The maximum absolute atomic E-state index is 14.4. The van der Waals surface area contributed by atoms with Crippen molar-refractivity contribution in [1.29, 1.82) is 0 Å². The van der Waals surface area contributed by atoms with Crippen LogP contribution in [-0.2, 0) is 6.54 Å². The molecule has 1 aromatic carbocycles. The summed E-state index contributed by atoms with van der Waals surface area (Å²) in [6.45, 7) is 2.67. The molecule has 0 radical (unpaired) electrons. The first kappa shape index (κ1) is 13.6. The number of benzene rings is 1. The van der Waals surface area contributed by atoms with Crippen LogP contribution in [-0.4, -0.2) is 6.04 Å². The molecule has 0 saturated heterocycles. The highest BCUT2D eigenvalue weighted by atomic mass is 32.1. The lowest BCUT2D eigenvalue weighted by Gasteiger charge is -2.28. The van der Waals surface area contributed by atoms with Crippen molar-refractivity contribution < 1.29 is 4.39 Å². The molecule has 0 aliphatic heterocycles. The molecular formula is C16H19FN2S. The van der Waals surface area contributed by atoms with Gasteiger partial charge >= 0.3 is 0 Å². The van der Waals surface area contributed by atoms with E-state index in [1.165, 1.54) is 11.6 Å². The van der Waals surface area contributed by atoms with Gasteiger partial charge in [0.2, 0.25) is 0 Å². The number of hydrogen-bond donors (Lipinski definition) is 1. The molecule has 1 fully saturated rings. The number of hydrogen-bond acceptors (Lipinski definition) is 3. The smallest absolute Gasteiger partial charge is 0.146 e. The number of halogens is 1. The molecule has 4 heteroatoms. The van der Waals surface area contributed by atoms with Crippen molar-refractivity contribution in [1.82, 2.24) is 0 Å². The molecule has 1 aromatic heterocycles. The van der Waals surface area contributed by atoms with Crippen LogP contribution < -0.4 is 10.6 Å². The summed E-state index contributed by atoms with van der Waals surface area (Å²) in [6.07, 6.45) is 2.27. The van der Waals surface area contributed by atoms with Crippen LogP contribution in [0.4, 0.5) is 10.1 Å². The van der Waals surface area contributed by atoms with Gasteiger partial charge < -0.3 is 10.6 Å². The summed E-state index contributed by atoms with van der Waals surface area (Å²) >= 11 is 1.68. The number of anilines is 1. The molecule has 3 rings (SSSR count). The average Bonchev–Trinajstić information content (AvgIpc) is 3.13. The van der Waals surface area contributed by atoms with Gasteiger partial charge in [-0.15, -0.1) is 0 Å². The van der Waals surface area contributed by atoms with E-state index in [9.17, 15) is 4.39 Å². The van der Waals surface area contributed by atoms with Crippen molar-refractivity contribution in [3.63, 3.8) is 0 Å². The molecule has 1 aliphatic rings. The number of para-hydroxylation sites is 1. The first-order chi connectivity index (χ1) is 9.66. The van der Waals surface area contributed by atoms with Crippen LogP contribution in [0.25, 0.3) is 0 Å². The fourth-order valence-corrected chi connectivity index (χ4v) is 3.22. The molecule has 106 valence electrons. The second kappa shape index (κ2) is 5.54. The van der Waals surface area contributed by atoms with E-state index in [0.29, 0.717) is 11.7 Å². The standard InChI is InChI=1S/C16H19FN2S/c1-11(18)14-3-2-4-15(17)16(14)19(13-5-6-13)9-12-7-8-20-10-12/h2-4,7-8,10-11,13H,5-6,9,18H2,1H3/t11-/m0/s1. The molecule has 2 nitrogen and oxygen atoms in total. The first-order valence-electron chi connectivity index (χ1n) is 6.98. The number of rotatable bonds is 5. The van der Waals surface area contributed by atoms with Gasteiger partial charge in [-0.25, -0.2) is 4.39 Å². The highest BCUT2D eigenvalue weighted by Gasteiger charge is 2.32. The maximum Gasteiger partial charge on any atom is 0.146 e. The molecule has 0 amide bonds. The van der Waals surface area contributed by atoms with Crippen LogP contribution in [0, 0.1) is 5.82 Å². The molecule has 1 aliphatic carbocycles. The Labute approximate surface area is 123 Å². The Bertz CT molecular complexity index is 576. The summed E-state index contributed by atoms with van der Waals surface area (Å²) in [5, 5.41) is 4.19. The van der Waals surface area contributed by atoms with E-state index in [1.807, 2.05) is 13.0 Å². The van der Waals surface area contributed by atoms with E-state index in [-0.39, 0.29) is 11.9 Å². The maximum atomic E-state index is 14.4. The largest absolute Gasteiger partial charge is 0.362 e. The van der Waals surface area contributed by atoms with Crippen molar-refractivity contribution in [3.8, 4) is 0 Å². The van der Waals surface area contributed by atoms with E-state index >= 15 is 0 Å². The zero-order chi connectivity index (χ0) is 14.1. The second-order valence-corrected chi connectivity index (χ2v) is 6.24. The minimum absolute atomic E-state index is 0.163. The Balaban J connectivity index is 1.99. The summed E-state index contributed by atoms with van der Waals surface area (Å²) in [6, 6.07) is 7.60. The van der Waals surface area contributed by atoms with E-state index in [1.54, 1.807) is 17.4 Å². The normalized spacial score (nSPS) is 16.1. The summed E-state index contributed by atoms with van der Waals surface area (Å²) in [7, 11) is 0. The molecule has 0 unspecified atom stereocenters. The van der Waals surface area contributed by atoms with Crippen LogP contribution in [0.5, 0.6) is 0 Å². The lowest BCUT2D eigenvalue weighted by Crippen LogP contribution is -2.28. The van der Waals surface area contributed by atoms with Crippen LogP contribution >= 0.6 is 11.3 Å². The highest BCUT2D eigenvalue weighted by molar-refractivity contribution is 7.07. The Morgan fingerprint density at radius 1 is 1.40 bits per heavy atom. The summed E-state index contributed by atoms with van der Waals surface area (Å²) < 4.78 is 14.4. The predicted octanol–water partition coefficient (Wildman–Crippen LogP) is 4.08. The van der Waals surface area contributed by atoms with Crippen molar-refractivity contribution in [3.05, 3.63) is 52.0 Å². The van der Waals surface area contributed by atoms with Crippen LogP contribution in [0.2, 0.25) is 0 Å². The zero-order valence-corrected chi connectivity index (χ0v) is 12.4. The van der Waals surface area contributed by atoms with Crippen LogP contribution in [0.3, 0.4) is 0 Å². The van der Waals surface area contributed by atoms with Gasteiger partial charge in [0.05, 0.1) is 5.69 Å². The minimum Gasteiger partial charge on any atom is -0.362 e. The molecule has 1 saturated carbocycles. The van der Waals surface area contributed by atoms with Gasteiger partial charge in [-0.3, -0.25) is 0 Å². The molecule has 1 heterocycles. The third-order valence-corrected chi connectivity index (χ3v) is 4.45. The number of thiophene rings is 1. The predicted molar refractivity (Wildman–Crippen MR) is 82.5 cm³/mol. The van der Waals surface area contributed by atoms with Gasteiger partial charge in [0, 0.05) is 18.6 Å². The zero-order valence-electron chi connectivity index (χ0n) is 11.6. The van der Waals surface area contributed by atoms with Gasteiger partial charge in [-0.05, 0) is 53.8 Å². The van der Waals surface area contributed by atoms with Gasteiger partial charge in [-0.2, -0.15) is 11.3 Å². The molecule has 2 aromatic rings. The average molecular weight is 290 g/mol. The molecule has 0 spiro atoms. The molecule has 0 bridgehead atoms.